The molecule has 0 radical (unpaired) electrons. The molecule has 0 unspecified atom stereocenters. The van der Waals surface area contributed by atoms with Crippen molar-refractivity contribution in [1.29, 1.82) is 0 Å². The minimum Gasteiger partial charge on any atom is -0.480 e. The lowest BCUT2D eigenvalue weighted by molar-refractivity contribution is -0.139. The second kappa shape index (κ2) is 18.1. The second-order valence-corrected chi connectivity index (χ2v) is 6.16. The van der Waals surface area contributed by atoms with E-state index in [-0.39, 0.29) is 17.8 Å². The van der Waals surface area contributed by atoms with Gasteiger partial charge in [0.25, 0.3) is 0 Å². The molecule has 0 saturated carbocycles. The van der Waals surface area contributed by atoms with E-state index in [0.717, 1.165) is 19.4 Å². The van der Waals surface area contributed by atoms with Crippen LogP contribution in [0.2, 0.25) is 0 Å². The van der Waals surface area contributed by atoms with Gasteiger partial charge in [-0.1, -0.05) is 13.8 Å². The van der Waals surface area contributed by atoms with Crippen LogP contribution in [-0.2, 0) is 19.2 Å². The van der Waals surface area contributed by atoms with Gasteiger partial charge in [-0.25, -0.2) is 0 Å². The quantitative estimate of drug-likeness (QED) is 0.344. The zero-order chi connectivity index (χ0) is 21.3. The minimum absolute atomic E-state index is 0.269. The van der Waals surface area contributed by atoms with Crippen LogP contribution in [0.4, 0.5) is 0 Å². The molecular weight excluding hydrogens is 370 g/mol. The number of aliphatic carboxylic acids is 3. The van der Waals surface area contributed by atoms with Crippen molar-refractivity contribution < 1.29 is 34.5 Å². The first-order valence-corrected chi connectivity index (χ1v) is 8.25. The summed E-state index contributed by atoms with van der Waals surface area (Å²) >= 11 is 4.64. The lowest BCUT2D eigenvalue weighted by atomic mass is 10.1. The summed E-state index contributed by atoms with van der Waals surface area (Å²) in [5.74, 6) is -2.24. The van der Waals surface area contributed by atoms with Crippen LogP contribution >= 0.6 is 11.6 Å². The average Bonchev–Trinajstić information content (AvgIpc) is 3.01. The number of nitrogens with two attached hydrogens (primary N) is 2. The van der Waals surface area contributed by atoms with E-state index in [1.54, 1.807) is 0 Å². The van der Waals surface area contributed by atoms with E-state index in [0.29, 0.717) is 12.3 Å². The van der Waals surface area contributed by atoms with E-state index in [4.69, 9.17) is 21.1 Å². The first-order valence-electron chi connectivity index (χ1n) is 7.87. The molecule has 0 aromatic carbocycles. The van der Waals surface area contributed by atoms with Gasteiger partial charge in [0.05, 0.1) is 6.54 Å². The van der Waals surface area contributed by atoms with Crippen molar-refractivity contribution in [3.8, 4) is 0 Å². The van der Waals surface area contributed by atoms with E-state index >= 15 is 0 Å². The summed E-state index contributed by atoms with van der Waals surface area (Å²) in [7, 11) is 0. The Morgan fingerprint density at radius 2 is 1.62 bits per heavy atom. The molecule has 0 spiro atoms. The summed E-state index contributed by atoms with van der Waals surface area (Å²) in [6, 6.07) is -0.958. The number of halogens is 1. The highest BCUT2D eigenvalue weighted by atomic mass is 35.5. The van der Waals surface area contributed by atoms with Crippen molar-refractivity contribution in [3.63, 3.8) is 0 Å². The predicted molar refractivity (Wildman–Crippen MR) is 97.0 cm³/mol. The van der Waals surface area contributed by atoms with Gasteiger partial charge in [-0.05, 0) is 43.3 Å². The monoisotopic (exact) mass is 399 g/mol. The highest BCUT2D eigenvalue weighted by Crippen LogP contribution is 2.03. The van der Waals surface area contributed by atoms with Crippen LogP contribution in [0.3, 0.4) is 0 Å². The maximum Gasteiger partial charge on any atom is 0.320 e. The van der Waals surface area contributed by atoms with Crippen molar-refractivity contribution in [2.45, 2.75) is 52.1 Å². The number of hydrogen-bond donors (Lipinski definition) is 6. The summed E-state index contributed by atoms with van der Waals surface area (Å²) < 4.78 is 0. The number of carboxylic acid groups (broad SMARTS) is 3. The zero-order valence-corrected chi connectivity index (χ0v) is 16.0. The smallest absolute Gasteiger partial charge is 0.320 e. The molecule has 1 aliphatic rings. The van der Waals surface area contributed by atoms with Crippen LogP contribution in [0.25, 0.3) is 0 Å². The molecule has 0 aliphatic carbocycles. The maximum absolute atomic E-state index is 10.1. The molecule has 8 N–H and O–H groups in total. The SMILES string of the molecule is CC(=O)Cl.CC(C)C[C@H](N)C(=O)O.NCC(=O)O.O=C(O)[C@@H]1CCCN1. The van der Waals surface area contributed by atoms with Crippen molar-refractivity contribution in [2.24, 2.45) is 17.4 Å². The van der Waals surface area contributed by atoms with Gasteiger partial charge in [-0.3, -0.25) is 19.2 Å². The molecule has 2 atom stereocenters. The van der Waals surface area contributed by atoms with Gasteiger partial charge in [-0.15, -0.1) is 0 Å². The molecule has 11 heteroatoms. The van der Waals surface area contributed by atoms with Gasteiger partial charge >= 0.3 is 17.9 Å². The van der Waals surface area contributed by atoms with Crippen LogP contribution < -0.4 is 16.8 Å². The van der Waals surface area contributed by atoms with Crippen LogP contribution in [0.1, 0.15) is 40.0 Å². The topological polar surface area (TPSA) is 193 Å². The Kier molecular flexibility index (Phi) is 20.2. The first kappa shape index (κ1) is 29.0. The molecule has 0 amide bonds. The fourth-order valence-electron chi connectivity index (χ4n) is 1.50. The molecule has 1 saturated heterocycles. The largest absolute Gasteiger partial charge is 0.480 e. The molecule has 0 aromatic rings. The molecular formula is C15H30ClN3O7. The fourth-order valence-corrected chi connectivity index (χ4v) is 1.50. The van der Waals surface area contributed by atoms with E-state index in [2.05, 4.69) is 22.7 Å². The number of carboxylic acids is 3. The van der Waals surface area contributed by atoms with Crippen molar-refractivity contribution >= 4 is 34.8 Å². The highest BCUT2D eigenvalue weighted by Gasteiger charge is 2.20. The molecule has 0 aromatic heterocycles. The molecule has 0 bridgehead atoms. The predicted octanol–water partition coefficient (Wildman–Crippen LogP) is 0.0688. The van der Waals surface area contributed by atoms with Crippen LogP contribution in [0, 0.1) is 5.92 Å². The molecule has 1 aliphatic heterocycles. The Labute approximate surface area is 157 Å². The lowest BCUT2D eigenvalue weighted by Gasteiger charge is -2.07. The van der Waals surface area contributed by atoms with Crippen LogP contribution in [0.5, 0.6) is 0 Å². The third-order valence-corrected chi connectivity index (χ3v) is 2.58. The van der Waals surface area contributed by atoms with Gasteiger partial charge < -0.3 is 32.1 Å². The van der Waals surface area contributed by atoms with E-state index in [1.165, 1.54) is 6.92 Å². The third-order valence-electron chi connectivity index (χ3n) is 2.58. The summed E-state index contributed by atoms with van der Waals surface area (Å²) in [5, 5.41) is 26.7. The Morgan fingerprint density at radius 3 is 1.73 bits per heavy atom. The Morgan fingerprint density at radius 1 is 1.19 bits per heavy atom. The maximum atomic E-state index is 10.1. The van der Waals surface area contributed by atoms with Crippen LogP contribution in [-0.4, -0.2) is 63.6 Å². The number of hydrogen-bond acceptors (Lipinski definition) is 7. The van der Waals surface area contributed by atoms with Crippen molar-refractivity contribution in [3.05, 3.63) is 0 Å². The number of carbonyl (C=O) groups is 4. The Balaban J connectivity index is -0.000000286. The number of carbonyl (C=O) groups excluding carboxylic acids is 1. The molecule has 1 fully saturated rings. The molecule has 154 valence electrons. The molecule has 26 heavy (non-hydrogen) atoms. The third kappa shape index (κ3) is 27.1. The summed E-state index contributed by atoms with van der Waals surface area (Å²) in [5.41, 5.74) is 9.79. The number of nitrogens with one attached hydrogen (secondary N) is 1. The standard InChI is InChI=1S/C6H13NO2.C5H9NO2.C2H3ClO.C2H5NO2/c1-4(2)3-5(7)6(8)9;7-5(8)4-2-1-3-6-4;1-2(3)4;3-1-2(4)5/h4-5H,3,7H2,1-2H3,(H,8,9);4,6H,1-3H2,(H,7,8);1H3;1,3H2,(H,4,5)/t5-;4-;;/m00../s1. The highest BCUT2D eigenvalue weighted by molar-refractivity contribution is 6.62. The van der Waals surface area contributed by atoms with Gasteiger partial charge in [-0.2, -0.15) is 0 Å². The van der Waals surface area contributed by atoms with Gasteiger partial charge in [0.2, 0.25) is 5.24 Å². The molecule has 1 rings (SSSR count). The summed E-state index contributed by atoms with van der Waals surface area (Å²) in [6.45, 7) is 5.77. The Bertz CT molecular complexity index is 423. The van der Waals surface area contributed by atoms with Gasteiger partial charge in [0.1, 0.15) is 12.1 Å². The lowest BCUT2D eigenvalue weighted by Crippen LogP contribution is -2.31. The van der Waals surface area contributed by atoms with Crippen molar-refractivity contribution in [2.75, 3.05) is 13.1 Å². The zero-order valence-electron chi connectivity index (χ0n) is 15.3. The van der Waals surface area contributed by atoms with E-state index < -0.39 is 23.9 Å². The molecule has 10 nitrogen and oxygen atoms in total. The van der Waals surface area contributed by atoms with E-state index in [1.807, 2.05) is 13.8 Å². The van der Waals surface area contributed by atoms with Crippen LogP contribution in [0.15, 0.2) is 0 Å². The summed E-state index contributed by atoms with van der Waals surface area (Å²) in [4.78, 5) is 38.7. The molecule has 1 heterocycles. The Hall–Kier alpha value is -1.75. The second-order valence-electron chi connectivity index (χ2n) is 5.63. The fraction of sp³-hybridized carbons (Fsp3) is 0.733. The normalized spacial score (nSPS) is 15.9. The minimum atomic E-state index is -0.968. The van der Waals surface area contributed by atoms with Crippen molar-refractivity contribution in [1.82, 2.24) is 5.32 Å². The summed E-state index contributed by atoms with van der Waals surface area (Å²) in [6.07, 6.45) is 2.33. The number of rotatable bonds is 5. The van der Waals surface area contributed by atoms with Gasteiger partial charge in [0, 0.05) is 6.92 Å². The average molecular weight is 400 g/mol. The van der Waals surface area contributed by atoms with E-state index in [9.17, 15) is 19.2 Å². The first-order chi connectivity index (χ1) is 11.8. The van der Waals surface area contributed by atoms with Gasteiger partial charge in [0.15, 0.2) is 0 Å².